The van der Waals surface area contributed by atoms with E-state index >= 15 is 0 Å². The molecule has 2 nitrogen and oxygen atoms in total. The fourth-order valence-electron chi connectivity index (χ4n) is 0.814. The van der Waals surface area contributed by atoms with Crippen LogP contribution in [0.25, 0.3) is 0 Å². The largest absolute Gasteiger partial charge is 0.260 e. The predicted octanol–water partition coefficient (Wildman–Crippen LogP) is 2.22. The molecule has 0 spiro atoms. The van der Waals surface area contributed by atoms with Crippen LogP contribution in [0, 0.1) is 18.3 Å². The second kappa shape index (κ2) is 3.49. The highest BCUT2D eigenvalue weighted by atomic mass is 79.9. The first-order valence-electron chi connectivity index (χ1n) is 3.22. The van der Waals surface area contributed by atoms with Crippen molar-refractivity contribution in [3.63, 3.8) is 0 Å². The Morgan fingerprint density at radius 3 is 3.09 bits per heavy atom. The smallest absolute Gasteiger partial charge is 0.0670 e. The van der Waals surface area contributed by atoms with Crippen molar-refractivity contribution in [1.29, 1.82) is 5.26 Å². The SMILES string of the molecule is Cc1ncc(Br)cc1CC#N. The minimum absolute atomic E-state index is 0.429. The Morgan fingerprint density at radius 2 is 2.45 bits per heavy atom. The standard InChI is InChI=1S/C8H7BrN2/c1-6-7(2-3-10)4-8(9)5-11-6/h4-5H,2H2,1H3. The van der Waals surface area contributed by atoms with Crippen LogP contribution in [0.3, 0.4) is 0 Å². The first kappa shape index (κ1) is 8.22. The molecule has 0 aliphatic carbocycles. The molecule has 0 fully saturated rings. The summed E-state index contributed by atoms with van der Waals surface area (Å²) >= 11 is 3.29. The van der Waals surface area contributed by atoms with Crippen LogP contribution >= 0.6 is 15.9 Å². The number of aromatic nitrogens is 1. The normalized spacial score (nSPS) is 9.18. The van der Waals surface area contributed by atoms with E-state index in [1.54, 1.807) is 6.20 Å². The van der Waals surface area contributed by atoms with Crippen molar-refractivity contribution in [3.8, 4) is 6.07 Å². The predicted molar refractivity (Wildman–Crippen MR) is 46.0 cm³/mol. The van der Waals surface area contributed by atoms with Gasteiger partial charge >= 0.3 is 0 Å². The lowest BCUT2D eigenvalue weighted by atomic mass is 10.1. The van der Waals surface area contributed by atoms with Crippen LogP contribution in [-0.2, 0) is 6.42 Å². The van der Waals surface area contributed by atoms with Gasteiger partial charge in [-0.1, -0.05) is 0 Å². The van der Waals surface area contributed by atoms with Crippen LogP contribution < -0.4 is 0 Å². The van der Waals surface area contributed by atoms with Crippen molar-refractivity contribution in [1.82, 2.24) is 4.98 Å². The molecule has 0 unspecified atom stereocenters. The van der Waals surface area contributed by atoms with Gasteiger partial charge < -0.3 is 0 Å². The fraction of sp³-hybridized carbons (Fsp3) is 0.250. The van der Waals surface area contributed by atoms with E-state index in [1.165, 1.54) is 0 Å². The maximum Gasteiger partial charge on any atom is 0.0670 e. The monoisotopic (exact) mass is 210 g/mol. The molecule has 1 rings (SSSR count). The molecule has 1 heterocycles. The minimum Gasteiger partial charge on any atom is -0.260 e. The minimum atomic E-state index is 0.429. The number of rotatable bonds is 1. The van der Waals surface area contributed by atoms with Crippen LogP contribution in [0.5, 0.6) is 0 Å². The van der Waals surface area contributed by atoms with Gasteiger partial charge in [-0.05, 0) is 34.5 Å². The van der Waals surface area contributed by atoms with E-state index in [0.29, 0.717) is 6.42 Å². The zero-order valence-electron chi connectivity index (χ0n) is 6.13. The third-order valence-corrected chi connectivity index (χ3v) is 1.86. The molecule has 0 atom stereocenters. The molecular weight excluding hydrogens is 204 g/mol. The molecule has 11 heavy (non-hydrogen) atoms. The molecule has 3 heteroatoms. The van der Waals surface area contributed by atoms with Gasteiger partial charge in [0.05, 0.1) is 12.5 Å². The number of halogens is 1. The number of nitriles is 1. The number of hydrogen-bond acceptors (Lipinski definition) is 2. The molecule has 0 saturated carbocycles. The average molecular weight is 211 g/mol. The fourth-order valence-corrected chi connectivity index (χ4v) is 1.19. The molecular formula is C8H7BrN2. The quantitative estimate of drug-likeness (QED) is 0.713. The first-order valence-corrected chi connectivity index (χ1v) is 4.01. The second-order valence-electron chi connectivity index (χ2n) is 2.23. The molecule has 1 aromatic rings. The van der Waals surface area contributed by atoms with Crippen LogP contribution in [0.4, 0.5) is 0 Å². The van der Waals surface area contributed by atoms with Crippen molar-refractivity contribution < 1.29 is 0 Å². The Kier molecular flexibility index (Phi) is 2.61. The summed E-state index contributed by atoms with van der Waals surface area (Å²) in [6.45, 7) is 1.90. The number of nitrogens with zero attached hydrogens (tertiary/aromatic N) is 2. The zero-order chi connectivity index (χ0) is 8.27. The van der Waals surface area contributed by atoms with Crippen LogP contribution in [0.15, 0.2) is 16.7 Å². The topological polar surface area (TPSA) is 36.7 Å². The van der Waals surface area contributed by atoms with E-state index in [1.807, 2.05) is 13.0 Å². The van der Waals surface area contributed by atoms with Crippen LogP contribution in [0.1, 0.15) is 11.3 Å². The van der Waals surface area contributed by atoms with Gasteiger partial charge in [-0.3, -0.25) is 4.98 Å². The van der Waals surface area contributed by atoms with Crippen molar-refractivity contribution >= 4 is 15.9 Å². The highest BCUT2D eigenvalue weighted by molar-refractivity contribution is 9.10. The van der Waals surface area contributed by atoms with Crippen molar-refractivity contribution in [2.24, 2.45) is 0 Å². The number of hydrogen-bond donors (Lipinski definition) is 0. The molecule has 0 aliphatic rings. The number of aryl methyl sites for hydroxylation is 1. The third kappa shape index (κ3) is 2.02. The van der Waals surface area contributed by atoms with Crippen molar-refractivity contribution in [2.75, 3.05) is 0 Å². The van der Waals surface area contributed by atoms with E-state index < -0.39 is 0 Å². The highest BCUT2D eigenvalue weighted by Crippen LogP contribution is 2.13. The Balaban J connectivity index is 3.05. The van der Waals surface area contributed by atoms with Gasteiger partial charge in [0.1, 0.15) is 0 Å². The van der Waals surface area contributed by atoms with Gasteiger partial charge in [-0.2, -0.15) is 5.26 Å². The summed E-state index contributed by atoms with van der Waals surface area (Å²) in [4.78, 5) is 4.10. The van der Waals surface area contributed by atoms with Gasteiger partial charge in [-0.25, -0.2) is 0 Å². The lowest BCUT2D eigenvalue weighted by Crippen LogP contribution is -1.90. The van der Waals surface area contributed by atoms with E-state index in [0.717, 1.165) is 15.7 Å². The van der Waals surface area contributed by atoms with Gasteiger partial charge in [0.25, 0.3) is 0 Å². The summed E-state index contributed by atoms with van der Waals surface area (Å²) in [5, 5.41) is 8.44. The Hall–Kier alpha value is -0.880. The highest BCUT2D eigenvalue weighted by Gasteiger charge is 1.98. The molecule has 0 N–H and O–H groups in total. The Labute approximate surface area is 74.0 Å². The summed E-state index contributed by atoms with van der Waals surface area (Å²) in [5.41, 5.74) is 1.91. The van der Waals surface area contributed by atoms with Gasteiger partial charge in [0, 0.05) is 16.4 Å². The maximum atomic E-state index is 8.44. The summed E-state index contributed by atoms with van der Waals surface area (Å²) in [7, 11) is 0. The lowest BCUT2D eigenvalue weighted by Gasteiger charge is -1.99. The first-order chi connectivity index (χ1) is 5.24. The van der Waals surface area contributed by atoms with Gasteiger partial charge in [0.2, 0.25) is 0 Å². The van der Waals surface area contributed by atoms with Crippen molar-refractivity contribution in [2.45, 2.75) is 13.3 Å². The van der Waals surface area contributed by atoms with Crippen molar-refractivity contribution in [3.05, 3.63) is 28.0 Å². The molecule has 56 valence electrons. The Bertz CT molecular complexity index is 301. The average Bonchev–Trinajstić information content (AvgIpc) is 1.98. The summed E-state index contributed by atoms with van der Waals surface area (Å²) in [6, 6.07) is 4.01. The molecule has 0 radical (unpaired) electrons. The maximum absolute atomic E-state index is 8.44. The second-order valence-corrected chi connectivity index (χ2v) is 3.15. The number of pyridine rings is 1. The van der Waals surface area contributed by atoms with E-state index in [2.05, 4.69) is 27.0 Å². The Morgan fingerprint density at radius 1 is 1.73 bits per heavy atom. The molecule has 0 bridgehead atoms. The van der Waals surface area contributed by atoms with E-state index in [4.69, 9.17) is 5.26 Å². The molecule has 1 aromatic heterocycles. The molecule has 0 aromatic carbocycles. The van der Waals surface area contributed by atoms with E-state index in [9.17, 15) is 0 Å². The summed E-state index contributed by atoms with van der Waals surface area (Å²) in [5.74, 6) is 0. The van der Waals surface area contributed by atoms with Crippen LogP contribution in [-0.4, -0.2) is 4.98 Å². The molecule has 0 saturated heterocycles. The van der Waals surface area contributed by atoms with Gasteiger partial charge in [-0.15, -0.1) is 0 Å². The van der Waals surface area contributed by atoms with E-state index in [-0.39, 0.29) is 0 Å². The third-order valence-electron chi connectivity index (χ3n) is 1.43. The summed E-state index contributed by atoms with van der Waals surface area (Å²) < 4.78 is 0.924. The molecule has 0 amide bonds. The molecule has 0 aliphatic heterocycles. The lowest BCUT2D eigenvalue weighted by molar-refractivity contribution is 1.10. The zero-order valence-corrected chi connectivity index (χ0v) is 7.72. The van der Waals surface area contributed by atoms with Crippen LogP contribution in [0.2, 0.25) is 0 Å². The summed E-state index contributed by atoms with van der Waals surface area (Å²) in [6.07, 6.45) is 2.16. The van der Waals surface area contributed by atoms with Gasteiger partial charge in [0.15, 0.2) is 0 Å².